The first kappa shape index (κ1) is 15.7. The maximum absolute atomic E-state index is 12.6. The van der Waals surface area contributed by atoms with Gasteiger partial charge in [-0.3, -0.25) is 4.72 Å². The van der Waals surface area contributed by atoms with Gasteiger partial charge >= 0.3 is 0 Å². The average Bonchev–Trinajstić information content (AvgIpc) is 2.37. The number of halogens is 1. The first-order valence-corrected chi connectivity index (χ1v) is 8.23. The van der Waals surface area contributed by atoms with E-state index in [1.54, 1.807) is 51.1 Å². The Balaban J connectivity index is 2.51. The summed E-state index contributed by atoms with van der Waals surface area (Å²) in [6.07, 6.45) is 0. The first-order chi connectivity index (χ1) is 9.72. The molecule has 0 atom stereocenters. The van der Waals surface area contributed by atoms with Crippen molar-refractivity contribution in [1.29, 1.82) is 0 Å². The van der Waals surface area contributed by atoms with Crippen LogP contribution in [0.25, 0.3) is 0 Å². The van der Waals surface area contributed by atoms with Gasteiger partial charge in [-0.2, -0.15) is 0 Å². The predicted octanol–water partition coefficient (Wildman–Crippen LogP) is 3.65. The van der Waals surface area contributed by atoms with Crippen molar-refractivity contribution < 1.29 is 8.42 Å². The summed E-state index contributed by atoms with van der Waals surface area (Å²) in [5.74, 6) is 0. The summed E-state index contributed by atoms with van der Waals surface area (Å²) >= 11 is 5.88. The van der Waals surface area contributed by atoms with E-state index in [0.717, 1.165) is 11.1 Å². The van der Waals surface area contributed by atoms with Crippen LogP contribution in [0.4, 0.5) is 11.4 Å². The van der Waals surface area contributed by atoms with E-state index < -0.39 is 10.0 Å². The molecule has 0 aromatic heterocycles. The highest BCUT2D eigenvalue weighted by Crippen LogP contribution is 2.29. The molecule has 0 saturated heterocycles. The lowest BCUT2D eigenvalue weighted by atomic mass is 10.1. The average molecular weight is 325 g/mol. The largest absolute Gasteiger partial charge is 0.397 e. The fraction of sp³-hybridized carbons (Fsp3) is 0.200. The molecule has 2 rings (SSSR count). The van der Waals surface area contributed by atoms with Gasteiger partial charge in [0.05, 0.1) is 11.4 Å². The summed E-state index contributed by atoms with van der Waals surface area (Å²) in [5, 5.41) is 0.557. The number of rotatable bonds is 3. The van der Waals surface area contributed by atoms with E-state index in [1.165, 1.54) is 0 Å². The van der Waals surface area contributed by atoms with Crippen LogP contribution in [0.2, 0.25) is 5.02 Å². The second-order valence-corrected chi connectivity index (χ2v) is 7.06. The summed E-state index contributed by atoms with van der Waals surface area (Å²) < 4.78 is 27.8. The number of nitrogens with one attached hydrogen (secondary N) is 1. The van der Waals surface area contributed by atoms with Gasteiger partial charge in [0.1, 0.15) is 4.90 Å². The van der Waals surface area contributed by atoms with Crippen molar-refractivity contribution in [2.24, 2.45) is 0 Å². The van der Waals surface area contributed by atoms with Crippen LogP contribution in [-0.2, 0) is 10.0 Å². The molecule has 4 nitrogen and oxygen atoms in total. The molecule has 2 aromatic carbocycles. The van der Waals surface area contributed by atoms with Crippen molar-refractivity contribution in [2.45, 2.75) is 25.7 Å². The van der Waals surface area contributed by atoms with Crippen LogP contribution in [0.1, 0.15) is 16.7 Å². The Labute approximate surface area is 130 Å². The lowest BCUT2D eigenvalue weighted by Gasteiger charge is -2.15. The van der Waals surface area contributed by atoms with Gasteiger partial charge in [0, 0.05) is 5.02 Å². The summed E-state index contributed by atoms with van der Waals surface area (Å²) in [5.41, 5.74) is 8.79. The van der Waals surface area contributed by atoms with Gasteiger partial charge in [-0.15, -0.1) is 0 Å². The SMILES string of the molecule is Cc1cc(Cl)ccc1NS(=O)(=O)c1c(C)ccc(C)c1N. The molecule has 0 unspecified atom stereocenters. The van der Waals surface area contributed by atoms with E-state index in [-0.39, 0.29) is 10.6 Å². The molecule has 21 heavy (non-hydrogen) atoms. The molecule has 0 amide bonds. The van der Waals surface area contributed by atoms with E-state index >= 15 is 0 Å². The number of hydrogen-bond donors (Lipinski definition) is 2. The Kier molecular flexibility index (Phi) is 4.16. The van der Waals surface area contributed by atoms with Gasteiger partial charge in [0.25, 0.3) is 10.0 Å². The molecular weight excluding hydrogens is 308 g/mol. The summed E-state index contributed by atoms with van der Waals surface area (Å²) in [6, 6.07) is 8.52. The fourth-order valence-corrected chi connectivity index (χ4v) is 3.89. The van der Waals surface area contributed by atoms with Crippen LogP contribution in [-0.4, -0.2) is 8.42 Å². The third-order valence-electron chi connectivity index (χ3n) is 3.31. The van der Waals surface area contributed by atoms with Crippen molar-refractivity contribution in [1.82, 2.24) is 0 Å². The first-order valence-electron chi connectivity index (χ1n) is 6.37. The van der Waals surface area contributed by atoms with Crippen molar-refractivity contribution in [3.05, 3.63) is 52.0 Å². The molecular formula is C15H17ClN2O2S. The molecule has 2 aromatic rings. The van der Waals surface area contributed by atoms with Crippen molar-refractivity contribution in [3.63, 3.8) is 0 Å². The second-order valence-electron chi connectivity index (χ2n) is 5.01. The lowest BCUT2D eigenvalue weighted by molar-refractivity contribution is 0.601. The molecule has 0 saturated carbocycles. The highest BCUT2D eigenvalue weighted by molar-refractivity contribution is 7.93. The molecule has 3 N–H and O–H groups in total. The third kappa shape index (κ3) is 3.14. The third-order valence-corrected chi connectivity index (χ3v) is 5.12. The van der Waals surface area contributed by atoms with Crippen LogP contribution in [0, 0.1) is 20.8 Å². The smallest absolute Gasteiger partial charge is 0.264 e. The van der Waals surface area contributed by atoms with Crippen LogP contribution in [0.5, 0.6) is 0 Å². The number of anilines is 2. The number of aryl methyl sites for hydroxylation is 3. The Hall–Kier alpha value is -1.72. The topological polar surface area (TPSA) is 72.2 Å². The minimum absolute atomic E-state index is 0.122. The molecule has 0 radical (unpaired) electrons. The molecule has 0 bridgehead atoms. The maximum Gasteiger partial charge on any atom is 0.264 e. The molecule has 112 valence electrons. The molecule has 0 heterocycles. The second kappa shape index (κ2) is 5.58. The van der Waals surface area contributed by atoms with Crippen molar-refractivity contribution in [2.75, 3.05) is 10.5 Å². The van der Waals surface area contributed by atoms with E-state index in [1.807, 2.05) is 0 Å². The van der Waals surface area contributed by atoms with Gasteiger partial charge in [0.2, 0.25) is 0 Å². The van der Waals surface area contributed by atoms with E-state index in [4.69, 9.17) is 17.3 Å². The molecule has 0 aliphatic heterocycles. The van der Waals surface area contributed by atoms with E-state index in [2.05, 4.69) is 4.72 Å². The number of benzene rings is 2. The molecule has 0 spiro atoms. The quantitative estimate of drug-likeness (QED) is 0.846. The van der Waals surface area contributed by atoms with Crippen molar-refractivity contribution >= 4 is 33.0 Å². The number of hydrogen-bond acceptors (Lipinski definition) is 3. The highest BCUT2D eigenvalue weighted by Gasteiger charge is 2.22. The summed E-state index contributed by atoms with van der Waals surface area (Å²) in [6.45, 7) is 5.29. The zero-order chi connectivity index (χ0) is 15.8. The van der Waals surface area contributed by atoms with Gasteiger partial charge in [-0.1, -0.05) is 23.7 Å². The molecule has 6 heteroatoms. The number of nitrogens with two attached hydrogens (primary N) is 1. The van der Waals surface area contributed by atoms with Gasteiger partial charge < -0.3 is 5.73 Å². The van der Waals surface area contributed by atoms with Gasteiger partial charge in [0.15, 0.2) is 0 Å². The van der Waals surface area contributed by atoms with E-state index in [0.29, 0.717) is 16.3 Å². The fourth-order valence-electron chi connectivity index (χ4n) is 2.10. The standard InChI is InChI=1S/C15H17ClN2O2S/c1-9-4-5-10(2)15(14(9)17)21(19,20)18-13-7-6-12(16)8-11(13)3/h4-8,18H,17H2,1-3H3. The summed E-state index contributed by atoms with van der Waals surface area (Å²) in [7, 11) is -3.75. The van der Waals surface area contributed by atoms with E-state index in [9.17, 15) is 8.42 Å². The van der Waals surface area contributed by atoms with Gasteiger partial charge in [-0.05, 0) is 55.7 Å². The zero-order valence-corrected chi connectivity index (χ0v) is 13.6. The summed E-state index contributed by atoms with van der Waals surface area (Å²) in [4.78, 5) is 0.122. The number of sulfonamides is 1. The Morgan fingerprint density at radius 1 is 1.00 bits per heavy atom. The molecule has 0 aliphatic rings. The Morgan fingerprint density at radius 3 is 2.24 bits per heavy atom. The van der Waals surface area contributed by atoms with Gasteiger partial charge in [-0.25, -0.2) is 8.42 Å². The molecule has 0 fully saturated rings. The highest BCUT2D eigenvalue weighted by atomic mass is 35.5. The predicted molar refractivity (Wildman–Crippen MR) is 87.3 cm³/mol. The normalized spacial score (nSPS) is 11.4. The zero-order valence-electron chi connectivity index (χ0n) is 12.1. The Morgan fingerprint density at radius 2 is 1.62 bits per heavy atom. The minimum Gasteiger partial charge on any atom is -0.397 e. The number of nitrogen functional groups attached to an aromatic ring is 1. The minimum atomic E-state index is -3.75. The Bertz CT molecular complexity index is 802. The van der Waals surface area contributed by atoms with Crippen LogP contribution in [0.3, 0.4) is 0 Å². The van der Waals surface area contributed by atoms with Crippen molar-refractivity contribution in [3.8, 4) is 0 Å². The van der Waals surface area contributed by atoms with Crippen LogP contribution in [0.15, 0.2) is 35.2 Å². The van der Waals surface area contributed by atoms with Crippen LogP contribution < -0.4 is 10.5 Å². The van der Waals surface area contributed by atoms with Crippen LogP contribution >= 0.6 is 11.6 Å². The monoisotopic (exact) mass is 324 g/mol. The maximum atomic E-state index is 12.6. The molecule has 0 aliphatic carbocycles. The lowest BCUT2D eigenvalue weighted by Crippen LogP contribution is -2.17.